The maximum atomic E-state index is 13.0. The molecule has 1 aromatic heterocycles. The highest BCUT2D eigenvalue weighted by Gasteiger charge is 2.39. The van der Waals surface area contributed by atoms with Crippen LogP contribution in [0.3, 0.4) is 0 Å². The summed E-state index contributed by atoms with van der Waals surface area (Å²) < 4.78 is 78.9. The number of carbonyl (C=O) groups is 1. The summed E-state index contributed by atoms with van der Waals surface area (Å²) in [6.07, 6.45) is -8.71. The Morgan fingerprint density at radius 1 is 1.39 bits per heavy atom. The SMILES string of the molecule is COC(=O)c1cc(F)c(C(F)F)nc1C(F)(F)F. The van der Waals surface area contributed by atoms with E-state index in [4.69, 9.17) is 0 Å². The Bertz CT molecular complexity index is 471. The van der Waals surface area contributed by atoms with Gasteiger partial charge in [0.25, 0.3) is 6.43 Å². The largest absolute Gasteiger partial charge is 0.465 e. The van der Waals surface area contributed by atoms with Gasteiger partial charge in [0.05, 0.1) is 12.7 Å². The predicted octanol–water partition coefficient (Wildman–Crippen LogP) is 2.96. The Hall–Kier alpha value is -1.80. The molecule has 0 radical (unpaired) electrons. The van der Waals surface area contributed by atoms with Crippen molar-refractivity contribution in [2.45, 2.75) is 12.6 Å². The minimum absolute atomic E-state index is 0.0309. The molecule has 18 heavy (non-hydrogen) atoms. The number of ether oxygens (including phenoxy) is 1. The number of hydrogen-bond donors (Lipinski definition) is 0. The molecule has 1 heterocycles. The molecule has 0 bridgehead atoms. The summed E-state index contributed by atoms with van der Waals surface area (Å²) in [5, 5.41) is 0. The first-order valence-corrected chi connectivity index (χ1v) is 4.32. The molecule has 0 aliphatic rings. The zero-order chi connectivity index (χ0) is 14.1. The number of nitrogens with zero attached hydrogens (tertiary/aromatic N) is 1. The molecule has 0 fully saturated rings. The third kappa shape index (κ3) is 2.71. The van der Waals surface area contributed by atoms with E-state index in [2.05, 4.69) is 9.72 Å². The van der Waals surface area contributed by atoms with Crippen molar-refractivity contribution >= 4 is 5.97 Å². The van der Waals surface area contributed by atoms with Crippen molar-refractivity contribution in [3.63, 3.8) is 0 Å². The Morgan fingerprint density at radius 2 is 1.94 bits per heavy atom. The second kappa shape index (κ2) is 4.83. The predicted molar refractivity (Wildman–Crippen MR) is 45.5 cm³/mol. The molecular weight excluding hydrogens is 268 g/mol. The Labute approximate surface area is 96.4 Å². The molecule has 3 nitrogen and oxygen atoms in total. The lowest BCUT2D eigenvalue weighted by atomic mass is 10.1. The van der Waals surface area contributed by atoms with E-state index in [1.165, 1.54) is 0 Å². The smallest absolute Gasteiger partial charge is 0.434 e. The van der Waals surface area contributed by atoms with Crippen molar-refractivity contribution in [1.82, 2.24) is 4.98 Å². The summed E-state index contributed by atoms with van der Waals surface area (Å²) in [7, 11) is 0.765. The zero-order valence-electron chi connectivity index (χ0n) is 8.69. The van der Waals surface area contributed by atoms with Crippen LogP contribution in [-0.4, -0.2) is 18.1 Å². The van der Waals surface area contributed by atoms with Gasteiger partial charge in [-0.2, -0.15) is 13.2 Å². The maximum absolute atomic E-state index is 13.0. The Balaban J connectivity index is 3.52. The number of esters is 1. The first-order valence-electron chi connectivity index (χ1n) is 4.32. The van der Waals surface area contributed by atoms with Crippen molar-refractivity contribution in [3.05, 3.63) is 28.8 Å². The second-order valence-electron chi connectivity index (χ2n) is 3.04. The van der Waals surface area contributed by atoms with Gasteiger partial charge >= 0.3 is 12.1 Å². The third-order valence-corrected chi connectivity index (χ3v) is 1.88. The number of carbonyl (C=O) groups excluding carboxylic acids is 1. The van der Waals surface area contributed by atoms with E-state index in [1.807, 2.05) is 0 Å². The van der Waals surface area contributed by atoms with Gasteiger partial charge in [-0.15, -0.1) is 0 Å². The number of halogens is 6. The highest BCUT2D eigenvalue weighted by molar-refractivity contribution is 5.90. The Kier molecular flexibility index (Phi) is 3.82. The number of hydrogen-bond acceptors (Lipinski definition) is 3. The van der Waals surface area contributed by atoms with Crippen LogP contribution in [0.4, 0.5) is 26.3 Å². The number of methoxy groups -OCH3 is 1. The maximum Gasteiger partial charge on any atom is 0.434 e. The van der Waals surface area contributed by atoms with E-state index >= 15 is 0 Å². The monoisotopic (exact) mass is 273 g/mol. The summed E-state index contributed by atoms with van der Waals surface area (Å²) in [5.41, 5.74) is -4.84. The molecule has 9 heteroatoms. The Morgan fingerprint density at radius 3 is 2.33 bits per heavy atom. The van der Waals surface area contributed by atoms with Gasteiger partial charge in [-0.25, -0.2) is 22.9 Å². The number of alkyl halides is 5. The first kappa shape index (κ1) is 14.3. The topological polar surface area (TPSA) is 39.2 Å². The molecule has 0 aromatic carbocycles. The van der Waals surface area contributed by atoms with Crippen LogP contribution in [-0.2, 0) is 10.9 Å². The fourth-order valence-electron chi connectivity index (χ4n) is 1.14. The van der Waals surface area contributed by atoms with Crippen molar-refractivity contribution in [3.8, 4) is 0 Å². The first-order chi connectivity index (χ1) is 8.18. The van der Waals surface area contributed by atoms with E-state index in [0.29, 0.717) is 0 Å². The summed E-state index contributed by atoms with van der Waals surface area (Å²) in [4.78, 5) is 13.5. The molecule has 0 saturated heterocycles. The van der Waals surface area contributed by atoms with E-state index in [1.54, 1.807) is 0 Å². The summed E-state index contributed by atoms with van der Waals surface area (Å²) in [6, 6.07) is 0.0309. The van der Waals surface area contributed by atoms with Crippen LogP contribution in [0.15, 0.2) is 6.07 Å². The van der Waals surface area contributed by atoms with Gasteiger partial charge in [-0.05, 0) is 6.07 Å². The van der Waals surface area contributed by atoms with E-state index in [0.717, 1.165) is 7.11 Å². The van der Waals surface area contributed by atoms with Gasteiger partial charge in [0.1, 0.15) is 5.69 Å². The van der Waals surface area contributed by atoms with Gasteiger partial charge in [-0.3, -0.25) is 0 Å². The molecule has 0 aliphatic heterocycles. The minimum atomic E-state index is -5.18. The molecule has 0 spiro atoms. The lowest BCUT2D eigenvalue weighted by Crippen LogP contribution is -2.19. The standard InChI is InChI=1S/C9H5F6NO2/c1-18-8(17)3-2-4(10)5(7(11)12)16-6(3)9(13,14)15/h2,7H,1H3. The fourth-order valence-corrected chi connectivity index (χ4v) is 1.14. The van der Waals surface area contributed by atoms with Crippen LogP contribution in [0.1, 0.15) is 28.2 Å². The number of rotatable bonds is 2. The fraction of sp³-hybridized carbons (Fsp3) is 0.333. The zero-order valence-corrected chi connectivity index (χ0v) is 8.69. The van der Waals surface area contributed by atoms with Gasteiger partial charge < -0.3 is 4.74 Å². The van der Waals surface area contributed by atoms with Gasteiger partial charge in [0.15, 0.2) is 11.5 Å². The van der Waals surface area contributed by atoms with Gasteiger partial charge in [-0.1, -0.05) is 0 Å². The molecule has 0 atom stereocenters. The molecule has 0 aliphatic carbocycles. The summed E-state index contributed by atoms with van der Waals surface area (Å²) in [5.74, 6) is -3.23. The lowest BCUT2D eigenvalue weighted by Gasteiger charge is -2.12. The quantitative estimate of drug-likeness (QED) is 0.614. The highest BCUT2D eigenvalue weighted by Crippen LogP contribution is 2.33. The lowest BCUT2D eigenvalue weighted by molar-refractivity contribution is -0.142. The molecule has 0 unspecified atom stereocenters. The molecule has 1 rings (SSSR count). The van der Waals surface area contributed by atoms with Crippen LogP contribution in [0.5, 0.6) is 0 Å². The average Bonchev–Trinajstić information content (AvgIpc) is 2.25. The molecule has 0 N–H and O–H groups in total. The van der Waals surface area contributed by atoms with E-state index in [9.17, 15) is 31.1 Å². The van der Waals surface area contributed by atoms with Gasteiger partial charge in [0.2, 0.25) is 0 Å². The van der Waals surface area contributed by atoms with Crippen molar-refractivity contribution < 1.29 is 35.9 Å². The second-order valence-corrected chi connectivity index (χ2v) is 3.04. The van der Waals surface area contributed by atoms with E-state index in [-0.39, 0.29) is 6.07 Å². The number of pyridine rings is 1. The normalized spacial score (nSPS) is 11.8. The van der Waals surface area contributed by atoms with Gasteiger partial charge in [0, 0.05) is 0 Å². The molecule has 0 amide bonds. The average molecular weight is 273 g/mol. The van der Waals surface area contributed by atoms with Crippen molar-refractivity contribution in [1.29, 1.82) is 0 Å². The van der Waals surface area contributed by atoms with Crippen LogP contribution in [0.2, 0.25) is 0 Å². The van der Waals surface area contributed by atoms with Crippen molar-refractivity contribution in [2.75, 3.05) is 7.11 Å². The van der Waals surface area contributed by atoms with Crippen LogP contribution in [0.25, 0.3) is 0 Å². The third-order valence-electron chi connectivity index (χ3n) is 1.88. The molecule has 1 aromatic rings. The molecule has 100 valence electrons. The van der Waals surface area contributed by atoms with Crippen LogP contribution in [0, 0.1) is 5.82 Å². The van der Waals surface area contributed by atoms with Crippen LogP contribution >= 0.6 is 0 Å². The van der Waals surface area contributed by atoms with Crippen LogP contribution < -0.4 is 0 Å². The summed E-state index contributed by atoms with van der Waals surface area (Å²) >= 11 is 0. The summed E-state index contributed by atoms with van der Waals surface area (Å²) in [6.45, 7) is 0. The van der Waals surface area contributed by atoms with Crippen molar-refractivity contribution in [2.24, 2.45) is 0 Å². The molecular formula is C9H5F6NO2. The highest BCUT2D eigenvalue weighted by atomic mass is 19.4. The molecule has 0 saturated carbocycles. The minimum Gasteiger partial charge on any atom is -0.465 e. The number of aromatic nitrogens is 1. The van der Waals surface area contributed by atoms with E-state index < -0.39 is 41.3 Å².